The molecule has 150 valence electrons. The van der Waals surface area contributed by atoms with Gasteiger partial charge in [-0.05, 0) is 74.2 Å². The predicted molar refractivity (Wildman–Crippen MR) is 119 cm³/mol. The molecule has 0 unspecified atom stereocenters. The lowest BCUT2D eigenvalue weighted by Crippen LogP contribution is -2.36. The van der Waals surface area contributed by atoms with Gasteiger partial charge < -0.3 is 10.6 Å². The van der Waals surface area contributed by atoms with Crippen molar-refractivity contribution in [2.75, 3.05) is 24.6 Å². The number of carbonyl (C=O) groups is 2. The van der Waals surface area contributed by atoms with Crippen LogP contribution in [0.3, 0.4) is 0 Å². The zero-order valence-corrected chi connectivity index (χ0v) is 18.6. The van der Waals surface area contributed by atoms with Crippen LogP contribution in [-0.4, -0.2) is 36.4 Å². The standard InChI is InChI=1S/C22H28N2O2S2/c1-15-5-7-19(11-17(15)3)27-13-21(25)23-9-10-24-22(26)14-28-20-8-6-16(2)18(4)12-20/h5-8,11-12H,9-10,13-14H2,1-4H3,(H,23,25)(H,24,26). The van der Waals surface area contributed by atoms with Gasteiger partial charge in [-0.2, -0.15) is 0 Å². The lowest BCUT2D eigenvalue weighted by Gasteiger charge is -2.08. The van der Waals surface area contributed by atoms with Crippen molar-refractivity contribution in [3.8, 4) is 0 Å². The Bertz CT molecular complexity index is 768. The van der Waals surface area contributed by atoms with Crippen molar-refractivity contribution in [2.24, 2.45) is 0 Å². The van der Waals surface area contributed by atoms with E-state index in [0.717, 1.165) is 9.79 Å². The van der Waals surface area contributed by atoms with Crippen molar-refractivity contribution in [2.45, 2.75) is 37.5 Å². The van der Waals surface area contributed by atoms with E-state index in [0.29, 0.717) is 24.6 Å². The molecule has 0 aliphatic carbocycles. The van der Waals surface area contributed by atoms with Gasteiger partial charge in [0.15, 0.2) is 0 Å². The summed E-state index contributed by atoms with van der Waals surface area (Å²) in [6.07, 6.45) is 0. The molecular formula is C22H28N2O2S2. The predicted octanol–water partition coefficient (Wildman–Crippen LogP) is 4.04. The summed E-state index contributed by atoms with van der Waals surface area (Å²) in [6.45, 7) is 9.16. The van der Waals surface area contributed by atoms with Crippen LogP contribution in [0.4, 0.5) is 0 Å². The first-order valence-electron chi connectivity index (χ1n) is 9.28. The summed E-state index contributed by atoms with van der Waals surface area (Å²) in [4.78, 5) is 26.1. The Kier molecular flexibility index (Phi) is 8.93. The molecule has 0 saturated carbocycles. The van der Waals surface area contributed by atoms with Gasteiger partial charge in [0.1, 0.15) is 0 Å². The number of thioether (sulfide) groups is 2. The summed E-state index contributed by atoms with van der Waals surface area (Å²) in [7, 11) is 0. The molecule has 4 nitrogen and oxygen atoms in total. The van der Waals surface area contributed by atoms with E-state index in [-0.39, 0.29) is 11.8 Å². The molecule has 0 radical (unpaired) electrons. The highest BCUT2D eigenvalue weighted by molar-refractivity contribution is 8.00. The highest BCUT2D eigenvalue weighted by Gasteiger charge is 2.06. The van der Waals surface area contributed by atoms with E-state index in [9.17, 15) is 9.59 Å². The van der Waals surface area contributed by atoms with Gasteiger partial charge in [0.25, 0.3) is 0 Å². The first-order chi connectivity index (χ1) is 13.3. The zero-order valence-electron chi connectivity index (χ0n) is 16.9. The van der Waals surface area contributed by atoms with Gasteiger partial charge in [0.2, 0.25) is 11.8 Å². The fourth-order valence-corrected chi connectivity index (χ4v) is 4.06. The third-order valence-electron chi connectivity index (χ3n) is 4.47. The van der Waals surface area contributed by atoms with Crippen LogP contribution in [0.25, 0.3) is 0 Å². The van der Waals surface area contributed by atoms with E-state index in [2.05, 4.69) is 62.6 Å². The molecule has 0 heterocycles. The van der Waals surface area contributed by atoms with Crippen LogP contribution in [0.1, 0.15) is 22.3 Å². The Morgan fingerprint density at radius 2 is 1.07 bits per heavy atom. The summed E-state index contributed by atoms with van der Waals surface area (Å²) in [6, 6.07) is 12.4. The van der Waals surface area contributed by atoms with Crippen LogP contribution >= 0.6 is 23.5 Å². The Hall–Kier alpha value is -1.92. The second-order valence-corrected chi connectivity index (χ2v) is 8.87. The normalized spacial score (nSPS) is 10.6. The van der Waals surface area contributed by atoms with Gasteiger partial charge in [-0.15, -0.1) is 23.5 Å². The molecular weight excluding hydrogens is 388 g/mol. The van der Waals surface area contributed by atoms with Crippen LogP contribution in [0.5, 0.6) is 0 Å². The first-order valence-corrected chi connectivity index (χ1v) is 11.3. The number of benzene rings is 2. The number of carbonyl (C=O) groups excluding carboxylic acids is 2. The van der Waals surface area contributed by atoms with E-state index in [1.807, 2.05) is 12.1 Å². The van der Waals surface area contributed by atoms with Gasteiger partial charge in [-0.25, -0.2) is 0 Å². The number of amides is 2. The maximum Gasteiger partial charge on any atom is 0.230 e. The molecule has 28 heavy (non-hydrogen) atoms. The fraction of sp³-hybridized carbons (Fsp3) is 0.364. The molecule has 0 saturated heterocycles. The molecule has 0 bridgehead atoms. The lowest BCUT2D eigenvalue weighted by molar-refractivity contribution is -0.120. The third kappa shape index (κ3) is 7.60. The maximum atomic E-state index is 11.9. The number of aryl methyl sites for hydroxylation is 4. The van der Waals surface area contributed by atoms with E-state index in [4.69, 9.17) is 0 Å². The number of hydrogen-bond acceptors (Lipinski definition) is 4. The number of hydrogen-bond donors (Lipinski definition) is 2. The Labute approximate surface area is 176 Å². The highest BCUT2D eigenvalue weighted by Crippen LogP contribution is 2.21. The quantitative estimate of drug-likeness (QED) is 0.479. The van der Waals surface area contributed by atoms with E-state index < -0.39 is 0 Å². The van der Waals surface area contributed by atoms with Crippen LogP contribution < -0.4 is 10.6 Å². The minimum Gasteiger partial charge on any atom is -0.354 e. The SMILES string of the molecule is Cc1ccc(SCC(=O)NCCNC(=O)CSc2ccc(C)c(C)c2)cc1C. The third-order valence-corrected chi connectivity index (χ3v) is 6.45. The largest absolute Gasteiger partial charge is 0.354 e. The Morgan fingerprint density at radius 3 is 1.43 bits per heavy atom. The van der Waals surface area contributed by atoms with Crippen LogP contribution in [0.2, 0.25) is 0 Å². The molecule has 0 aliphatic rings. The number of nitrogens with one attached hydrogen (secondary N) is 2. The fourth-order valence-electron chi connectivity index (χ4n) is 2.41. The van der Waals surface area contributed by atoms with Crippen LogP contribution in [-0.2, 0) is 9.59 Å². The van der Waals surface area contributed by atoms with Crippen molar-refractivity contribution in [3.05, 3.63) is 58.7 Å². The van der Waals surface area contributed by atoms with Crippen molar-refractivity contribution in [1.29, 1.82) is 0 Å². The molecule has 6 heteroatoms. The minimum atomic E-state index is -0.0259. The molecule has 2 aromatic rings. The summed E-state index contributed by atoms with van der Waals surface area (Å²) < 4.78 is 0. The summed E-state index contributed by atoms with van der Waals surface area (Å²) in [5, 5.41) is 5.68. The van der Waals surface area contributed by atoms with E-state index >= 15 is 0 Å². The van der Waals surface area contributed by atoms with Crippen LogP contribution in [0, 0.1) is 27.7 Å². The topological polar surface area (TPSA) is 58.2 Å². The van der Waals surface area contributed by atoms with Crippen molar-refractivity contribution in [3.63, 3.8) is 0 Å². The van der Waals surface area contributed by atoms with E-state index in [1.165, 1.54) is 45.8 Å². The van der Waals surface area contributed by atoms with Gasteiger partial charge >= 0.3 is 0 Å². The second kappa shape index (κ2) is 11.2. The molecule has 2 aromatic carbocycles. The van der Waals surface area contributed by atoms with Gasteiger partial charge in [-0.3, -0.25) is 9.59 Å². The second-order valence-electron chi connectivity index (χ2n) is 6.77. The monoisotopic (exact) mass is 416 g/mol. The van der Waals surface area contributed by atoms with Crippen molar-refractivity contribution < 1.29 is 9.59 Å². The minimum absolute atomic E-state index is 0.0259. The molecule has 0 fully saturated rings. The smallest absolute Gasteiger partial charge is 0.230 e. The van der Waals surface area contributed by atoms with Gasteiger partial charge in [0.05, 0.1) is 11.5 Å². The van der Waals surface area contributed by atoms with Gasteiger partial charge in [-0.1, -0.05) is 12.1 Å². The maximum absolute atomic E-state index is 11.9. The number of rotatable bonds is 9. The Balaban J connectivity index is 1.59. The summed E-state index contributed by atoms with van der Waals surface area (Å²) in [5.74, 6) is 0.696. The molecule has 2 amide bonds. The molecule has 2 N–H and O–H groups in total. The van der Waals surface area contributed by atoms with Crippen molar-refractivity contribution >= 4 is 35.3 Å². The lowest BCUT2D eigenvalue weighted by atomic mass is 10.1. The summed E-state index contributed by atoms with van der Waals surface area (Å²) in [5.41, 5.74) is 4.96. The molecule has 0 atom stereocenters. The molecule has 0 aliphatic heterocycles. The van der Waals surface area contributed by atoms with Gasteiger partial charge in [0, 0.05) is 22.9 Å². The molecule has 2 rings (SSSR count). The first kappa shape index (κ1) is 22.4. The average molecular weight is 417 g/mol. The van der Waals surface area contributed by atoms with E-state index in [1.54, 1.807) is 0 Å². The highest BCUT2D eigenvalue weighted by atomic mass is 32.2. The molecule has 0 aromatic heterocycles. The van der Waals surface area contributed by atoms with Crippen molar-refractivity contribution in [1.82, 2.24) is 10.6 Å². The van der Waals surface area contributed by atoms with Crippen LogP contribution in [0.15, 0.2) is 46.2 Å². The molecule has 0 spiro atoms. The zero-order chi connectivity index (χ0) is 20.5. The average Bonchev–Trinajstić information content (AvgIpc) is 2.67. The summed E-state index contributed by atoms with van der Waals surface area (Å²) >= 11 is 3.04. The Morgan fingerprint density at radius 1 is 0.679 bits per heavy atom.